The molecule has 5 nitrogen and oxygen atoms in total. The second-order valence-electron chi connectivity index (χ2n) is 4.08. The fraction of sp³-hybridized carbons (Fsp3) is 0.0714. The van der Waals surface area contributed by atoms with Crippen LogP contribution in [0.5, 0.6) is 0 Å². The highest BCUT2D eigenvalue weighted by molar-refractivity contribution is 6.29. The molecule has 3 N–H and O–H groups in total. The number of nitrogens with one attached hydrogen (secondary N) is 1. The number of hydrogen-bond donors (Lipinski definition) is 2. The second-order valence-corrected chi connectivity index (χ2v) is 4.47. The van der Waals surface area contributed by atoms with E-state index < -0.39 is 5.91 Å². The molecular weight excluding hydrogens is 276 g/mol. The Morgan fingerprint density at radius 1 is 1.40 bits per heavy atom. The van der Waals surface area contributed by atoms with Gasteiger partial charge in [0.2, 0.25) is 0 Å². The van der Waals surface area contributed by atoms with Crippen molar-refractivity contribution in [2.24, 2.45) is 5.73 Å². The van der Waals surface area contributed by atoms with Crippen LogP contribution in [0.3, 0.4) is 0 Å². The van der Waals surface area contributed by atoms with Crippen molar-refractivity contribution in [2.45, 2.75) is 6.54 Å². The fourth-order valence-corrected chi connectivity index (χ4v) is 1.82. The maximum atomic E-state index is 11.3. The van der Waals surface area contributed by atoms with Crippen molar-refractivity contribution in [3.63, 3.8) is 0 Å². The highest BCUT2D eigenvalue weighted by Gasteiger charge is 2.09. The highest BCUT2D eigenvalue weighted by atomic mass is 35.5. The van der Waals surface area contributed by atoms with Crippen molar-refractivity contribution in [2.75, 3.05) is 5.32 Å². The normalized spacial score (nSPS) is 9.80. The van der Waals surface area contributed by atoms with E-state index in [0.29, 0.717) is 17.8 Å². The van der Waals surface area contributed by atoms with Gasteiger partial charge in [-0.25, -0.2) is 4.98 Å². The Hall–Kier alpha value is -2.58. The van der Waals surface area contributed by atoms with Crippen molar-refractivity contribution in [1.82, 2.24) is 4.98 Å². The summed E-state index contributed by atoms with van der Waals surface area (Å²) in [6.45, 7) is 0.479. The lowest BCUT2D eigenvalue weighted by atomic mass is 10.1. The van der Waals surface area contributed by atoms with Crippen LogP contribution in [0.25, 0.3) is 0 Å². The number of hydrogen-bond acceptors (Lipinski definition) is 4. The summed E-state index contributed by atoms with van der Waals surface area (Å²) in [6.07, 6.45) is 1.34. The largest absolute Gasteiger partial charge is 0.380 e. The lowest BCUT2D eigenvalue weighted by Crippen LogP contribution is -2.15. The van der Waals surface area contributed by atoms with Crippen LogP contribution in [0.2, 0.25) is 5.15 Å². The van der Waals surface area contributed by atoms with Gasteiger partial charge in [-0.15, -0.1) is 0 Å². The Labute approximate surface area is 121 Å². The van der Waals surface area contributed by atoms with E-state index in [1.54, 1.807) is 18.2 Å². The average molecular weight is 287 g/mol. The molecule has 0 bridgehead atoms. The number of amides is 1. The van der Waals surface area contributed by atoms with Gasteiger partial charge < -0.3 is 11.1 Å². The summed E-state index contributed by atoms with van der Waals surface area (Å²) in [5.74, 6) is -0.573. The van der Waals surface area contributed by atoms with Crippen LogP contribution < -0.4 is 11.1 Å². The number of aromatic nitrogens is 1. The maximum absolute atomic E-state index is 11.3. The van der Waals surface area contributed by atoms with Crippen LogP contribution in [0.15, 0.2) is 36.5 Å². The Morgan fingerprint density at radius 3 is 2.70 bits per heavy atom. The van der Waals surface area contributed by atoms with Crippen LogP contribution >= 0.6 is 11.6 Å². The van der Waals surface area contributed by atoms with E-state index in [1.165, 1.54) is 6.20 Å². The zero-order chi connectivity index (χ0) is 14.5. The predicted molar refractivity (Wildman–Crippen MR) is 76.2 cm³/mol. The summed E-state index contributed by atoms with van der Waals surface area (Å²) in [5, 5.41) is 12.1. The van der Waals surface area contributed by atoms with Crippen LogP contribution in [-0.4, -0.2) is 10.9 Å². The van der Waals surface area contributed by atoms with Crippen molar-refractivity contribution < 1.29 is 4.79 Å². The lowest BCUT2D eigenvalue weighted by Gasteiger charge is -2.10. The van der Waals surface area contributed by atoms with Gasteiger partial charge in [0.25, 0.3) is 5.91 Å². The molecule has 1 aromatic heterocycles. The minimum Gasteiger partial charge on any atom is -0.380 e. The third-order valence-electron chi connectivity index (χ3n) is 2.70. The third kappa shape index (κ3) is 3.25. The van der Waals surface area contributed by atoms with E-state index in [1.807, 2.05) is 12.1 Å². The van der Waals surface area contributed by atoms with Gasteiger partial charge in [0.15, 0.2) is 0 Å². The molecule has 1 amide bonds. The average Bonchev–Trinajstić information content (AvgIpc) is 2.45. The molecule has 0 radical (unpaired) electrons. The second kappa shape index (κ2) is 6.04. The van der Waals surface area contributed by atoms with Gasteiger partial charge in [0.05, 0.1) is 22.9 Å². The summed E-state index contributed by atoms with van der Waals surface area (Å²) < 4.78 is 0. The van der Waals surface area contributed by atoms with Gasteiger partial charge >= 0.3 is 0 Å². The van der Waals surface area contributed by atoms with Crippen LogP contribution in [-0.2, 0) is 6.54 Å². The monoisotopic (exact) mass is 286 g/mol. The first-order chi connectivity index (χ1) is 9.60. The van der Waals surface area contributed by atoms with E-state index >= 15 is 0 Å². The van der Waals surface area contributed by atoms with Crippen molar-refractivity contribution in [3.8, 4) is 6.07 Å². The predicted octanol–water partition coefficient (Wildman–Crippen LogP) is 2.32. The molecule has 0 aliphatic rings. The number of nitrogens with two attached hydrogens (primary N) is 1. The number of benzene rings is 1. The number of carbonyl (C=O) groups excluding carboxylic acids is 1. The van der Waals surface area contributed by atoms with E-state index in [9.17, 15) is 4.79 Å². The van der Waals surface area contributed by atoms with Gasteiger partial charge in [-0.2, -0.15) is 5.26 Å². The summed E-state index contributed by atoms with van der Waals surface area (Å²) in [7, 11) is 0. The molecule has 0 saturated heterocycles. The highest BCUT2D eigenvalue weighted by Crippen LogP contribution is 2.19. The van der Waals surface area contributed by atoms with E-state index in [-0.39, 0.29) is 10.7 Å². The molecule has 1 aromatic carbocycles. The Bertz CT molecular complexity index is 677. The SMILES string of the molecule is N#Cc1ccc(CNc2cc(Cl)ncc2C(N)=O)cc1. The molecule has 0 aliphatic carbocycles. The third-order valence-corrected chi connectivity index (χ3v) is 2.91. The van der Waals surface area contributed by atoms with Crippen LogP contribution in [0.1, 0.15) is 21.5 Å². The molecule has 2 rings (SSSR count). The number of anilines is 1. The first-order valence-corrected chi connectivity index (χ1v) is 6.16. The zero-order valence-electron chi connectivity index (χ0n) is 10.4. The minimum absolute atomic E-state index is 0.275. The standard InChI is InChI=1S/C14H11ClN4O/c15-13-5-12(11(8-19-13)14(17)20)18-7-10-3-1-9(6-16)2-4-10/h1-5,8H,7H2,(H2,17,20)(H,18,19). The first-order valence-electron chi connectivity index (χ1n) is 5.78. The Balaban J connectivity index is 2.15. The summed E-state index contributed by atoms with van der Waals surface area (Å²) >= 11 is 5.80. The molecule has 0 spiro atoms. The van der Waals surface area contributed by atoms with Crippen molar-refractivity contribution >= 4 is 23.2 Å². The summed E-state index contributed by atoms with van der Waals surface area (Å²) in [6, 6.07) is 10.7. The Morgan fingerprint density at radius 2 is 2.10 bits per heavy atom. The summed E-state index contributed by atoms with van der Waals surface area (Å²) in [4.78, 5) is 15.1. The van der Waals surface area contributed by atoms with E-state index in [2.05, 4.69) is 16.4 Å². The van der Waals surface area contributed by atoms with Crippen LogP contribution in [0, 0.1) is 11.3 Å². The molecule has 0 saturated carbocycles. The quantitative estimate of drug-likeness (QED) is 0.844. The number of rotatable bonds is 4. The van der Waals surface area contributed by atoms with Crippen molar-refractivity contribution in [3.05, 3.63) is 58.4 Å². The molecule has 20 heavy (non-hydrogen) atoms. The van der Waals surface area contributed by atoms with Gasteiger partial charge in [0.1, 0.15) is 5.15 Å². The van der Waals surface area contributed by atoms with Crippen LogP contribution in [0.4, 0.5) is 5.69 Å². The first kappa shape index (κ1) is 13.8. The van der Waals surface area contributed by atoms with E-state index in [0.717, 1.165) is 5.56 Å². The van der Waals surface area contributed by atoms with Gasteiger partial charge in [-0.1, -0.05) is 23.7 Å². The smallest absolute Gasteiger partial charge is 0.252 e. The van der Waals surface area contributed by atoms with Crippen molar-refractivity contribution in [1.29, 1.82) is 5.26 Å². The molecule has 0 fully saturated rings. The number of nitrogens with zero attached hydrogens (tertiary/aromatic N) is 2. The number of nitriles is 1. The molecule has 2 aromatic rings. The molecule has 0 aliphatic heterocycles. The number of pyridine rings is 1. The van der Waals surface area contributed by atoms with Gasteiger partial charge in [-0.05, 0) is 23.8 Å². The topological polar surface area (TPSA) is 91.8 Å². The lowest BCUT2D eigenvalue weighted by molar-refractivity contribution is 0.100. The Kier molecular flexibility index (Phi) is 4.18. The molecule has 0 unspecified atom stereocenters. The zero-order valence-corrected chi connectivity index (χ0v) is 11.2. The number of carbonyl (C=O) groups is 1. The molecular formula is C14H11ClN4O. The van der Waals surface area contributed by atoms with Gasteiger partial charge in [0, 0.05) is 12.7 Å². The van der Waals surface area contributed by atoms with E-state index in [4.69, 9.17) is 22.6 Å². The molecule has 1 heterocycles. The summed E-state index contributed by atoms with van der Waals surface area (Å²) in [5.41, 5.74) is 7.64. The van der Waals surface area contributed by atoms with Gasteiger partial charge in [-0.3, -0.25) is 4.79 Å². The number of halogens is 1. The maximum Gasteiger partial charge on any atom is 0.252 e. The number of primary amides is 1. The minimum atomic E-state index is -0.573. The molecule has 6 heteroatoms. The molecule has 0 atom stereocenters. The fourth-order valence-electron chi connectivity index (χ4n) is 1.67. The molecule has 100 valence electrons.